The largest absolute Gasteiger partial charge is 0.437 e. The van der Waals surface area contributed by atoms with E-state index >= 15 is 0 Å². The Balaban J connectivity index is 2.17. The average molecular weight is 233 g/mol. The number of rotatable bonds is 0. The molecule has 0 spiro atoms. The van der Waals surface area contributed by atoms with Gasteiger partial charge in [-0.3, -0.25) is 9.98 Å². The molecule has 0 radical (unpaired) electrons. The maximum atomic E-state index is 5.72. The van der Waals surface area contributed by atoms with Gasteiger partial charge in [0.15, 0.2) is 0 Å². The van der Waals surface area contributed by atoms with E-state index in [2.05, 4.69) is 20.8 Å². The van der Waals surface area contributed by atoms with E-state index in [0.29, 0.717) is 5.88 Å². The van der Waals surface area contributed by atoms with E-state index in [1.54, 1.807) is 12.4 Å². The first kappa shape index (κ1) is 9.33. The van der Waals surface area contributed by atoms with Gasteiger partial charge in [0.2, 0.25) is 5.88 Å². The van der Waals surface area contributed by atoms with Crippen LogP contribution in [-0.4, -0.2) is 17.1 Å². The Morgan fingerprint density at radius 3 is 3.17 bits per heavy atom. The second kappa shape index (κ2) is 3.39. The van der Waals surface area contributed by atoms with Gasteiger partial charge in [-0.2, -0.15) is 4.99 Å². The van der Waals surface area contributed by atoms with Crippen LogP contribution in [0.15, 0.2) is 51.2 Å². The van der Waals surface area contributed by atoms with Crippen LogP contribution in [0.1, 0.15) is 5.56 Å². The fourth-order valence-corrected chi connectivity index (χ4v) is 2.12. The SMILES string of the molecule is C1=CN=Cc2c(oc3cc4ccncc4cc23)N=1. The summed E-state index contributed by atoms with van der Waals surface area (Å²) < 4.78 is 5.72. The highest BCUT2D eigenvalue weighted by molar-refractivity contribution is 6.08. The topological polar surface area (TPSA) is 50.8 Å². The first-order chi connectivity index (χ1) is 8.92. The predicted octanol–water partition coefficient (Wildman–Crippen LogP) is 3.23. The average Bonchev–Trinajstić information content (AvgIpc) is 2.59. The summed E-state index contributed by atoms with van der Waals surface area (Å²) in [7, 11) is 0. The van der Waals surface area contributed by atoms with E-state index in [1.807, 2.05) is 24.4 Å². The second-order valence-electron chi connectivity index (χ2n) is 4.04. The van der Waals surface area contributed by atoms with E-state index in [9.17, 15) is 0 Å². The molecule has 0 unspecified atom stereocenters. The molecular formula is C14H7N3O. The molecule has 2 aromatic heterocycles. The predicted molar refractivity (Wildman–Crippen MR) is 70.8 cm³/mol. The number of aliphatic imine (C=N–C) groups is 2. The summed E-state index contributed by atoms with van der Waals surface area (Å²) >= 11 is 0. The molecule has 4 rings (SSSR count). The first-order valence-corrected chi connectivity index (χ1v) is 5.53. The van der Waals surface area contributed by atoms with Crippen molar-refractivity contribution in [2.24, 2.45) is 9.98 Å². The van der Waals surface area contributed by atoms with Crippen LogP contribution >= 0.6 is 0 Å². The minimum atomic E-state index is 0.547. The first-order valence-electron chi connectivity index (χ1n) is 5.53. The molecule has 0 saturated heterocycles. The Bertz CT molecular complexity index is 867. The summed E-state index contributed by atoms with van der Waals surface area (Å²) in [6, 6.07) is 6.00. The van der Waals surface area contributed by atoms with Crippen LogP contribution in [0.5, 0.6) is 0 Å². The molecule has 18 heavy (non-hydrogen) atoms. The fourth-order valence-electron chi connectivity index (χ4n) is 2.12. The van der Waals surface area contributed by atoms with E-state index in [-0.39, 0.29) is 0 Å². The van der Waals surface area contributed by atoms with Gasteiger partial charge in [0.05, 0.1) is 11.8 Å². The van der Waals surface area contributed by atoms with Crippen LogP contribution in [-0.2, 0) is 0 Å². The number of nitrogens with zero attached hydrogens (tertiary/aromatic N) is 3. The molecule has 3 heterocycles. The van der Waals surface area contributed by atoms with Crippen LogP contribution in [0.3, 0.4) is 0 Å². The highest BCUT2D eigenvalue weighted by atomic mass is 16.3. The van der Waals surface area contributed by atoms with Crippen molar-refractivity contribution in [1.29, 1.82) is 0 Å². The third-order valence-electron chi connectivity index (χ3n) is 2.97. The summed E-state index contributed by atoms with van der Waals surface area (Å²) in [6.07, 6.45) is 6.87. The van der Waals surface area contributed by atoms with Crippen molar-refractivity contribution < 1.29 is 4.42 Å². The van der Waals surface area contributed by atoms with E-state index in [1.165, 1.54) is 6.20 Å². The molecule has 1 aliphatic rings. The molecule has 0 amide bonds. The van der Waals surface area contributed by atoms with Gasteiger partial charge >= 0.3 is 0 Å². The number of fused-ring (bicyclic) bond motifs is 4. The minimum Gasteiger partial charge on any atom is -0.437 e. The standard InChI is InChI=1S/C14H7N3O/c1-2-15-7-10-5-11-12-8-16-3-4-17-14(12)18-13(11)6-9(1)10/h1-3,5-8H. The molecule has 4 heteroatoms. The van der Waals surface area contributed by atoms with E-state index in [0.717, 1.165) is 27.3 Å². The number of benzene rings is 1. The van der Waals surface area contributed by atoms with E-state index < -0.39 is 0 Å². The lowest BCUT2D eigenvalue weighted by atomic mass is 10.1. The summed E-state index contributed by atoms with van der Waals surface area (Å²) in [6.45, 7) is 0. The lowest BCUT2D eigenvalue weighted by Crippen LogP contribution is -1.79. The van der Waals surface area contributed by atoms with Crippen molar-refractivity contribution in [1.82, 2.24) is 4.98 Å². The molecule has 0 fully saturated rings. The molecular weight excluding hydrogens is 226 g/mol. The Kier molecular flexibility index (Phi) is 1.76. The third-order valence-corrected chi connectivity index (χ3v) is 2.97. The van der Waals surface area contributed by atoms with Crippen molar-refractivity contribution in [2.75, 3.05) is 0 Å². The van der Waals surface area contributed by atoms with Crippen LogP contribution < -0.4 is 0 Å². The third kappa shape index (κ3) is 1.24. The van der Waals surface area contributed by atoms with Crippen molar-refractivity contribution >= 4 is 39.7 Å². The maximum Gasteiger partial charge on any atom is 0.237 e. The zero-order valence-corrected chi connectivity index (χ0v) is 9.29. The molecule has 84 valence electrons. The van der Waals surface area contributed by atoms with Crippen molar-refractivity contribution in [3.63, 3.8) is 0 Å². The zero-order valence-electron chi connectivity index (χ0n) is 9.29. The smallest absolute Gasteiger partial charge is 0.237 e. The second-order valence-corrected chi connectivity index (χ2v) is 4.04. The number of furan rings is 1. The highest BCUT2D eigenvalue weighted by Gasteiger charge is 2.13. The highest BCUT2D eigenvalue weighted by Crippen LogP contribution is 2.33. The fraction of sp³-hybridized carbons (Fsp3) is 0. The van der Waals surface area contributed by atoms with Crippen LogP contribution in [0.25, 0.3) is 21.7 Å². The monoisotopic (exact) mass is 233 g/mol. The Morgan fingerprint density at radius 2 is 2.17 bits per heavy atom. The number of hydrogen-bond donors (Lipinski definition) is 0. The number of pyridine rings is 1. The van der Waals surface area contributed by atoms with Crippen LogP contribution in [0.2, 0.25) is 0 Å². The maximum absolute atomic E-state index is 5.72. The number of aromatic nitrogens is 1. The van der Waals surface area contributed by atoms with Crippen molar-refractivity contribution in [3.05, 3.63) is 42.4 Å². The van der Waals surface area contributed by atoms with E-state index in [4.69, 9.17) is 4.42 Å². The summed E-state index contributed by atoms with van der Waals surface area (Å²) in [5.74, 6) is 3.25. The van der Waals surface area contributed by atoms with Crippen LogP contribution in [0.4, 0.5) is 5.88 Å². The molecule has 1 aliphatic heterocycles. The normalized spacial score (nSPS) is 13.1. The zero-order chi connectivity index (χ0) is 11.9. The summed E-state index contributed by atoms with van der Waals surface area (Å²) in [5, 5.41) is 3.16. The quantitative estimate of drug-likeness (QED) is 0.598. The lowest BCUT2D eigenvalue weighted by Gasteiger charge is -1.96. The molecule has 0 aliphatic carbocycles. The summed E-state index contributed by atoms with van der Waals surface area (Å²) in [4.78, 5) is 12.3. The minimum absolute atomic E-state index is 0.547. The van der Waals surface area contributed by atoms with Gasteiger partial charge in [0.25, 0.3) is 0 Å². The van der Waals surface area contributed by atoms with Gasteiger partial charge in [-0.15, -0.1) is 0 Å². The molecule has 0 bridgehead atoms. The van der Waals surface area contributed by atoms with Gasteiger partial charge in [-0.25, -0.2) is 0 Å². The Hall–Kier alpha value is -2.71. The van der Waals surface area contributed by atoms with Gasteiger partial charge in [0.1, 0.15) is 5.58 Å². The summed E-state index contributed by atoms with van der Waals surface area (Å²) in [5.41, 5.74) is 1.69. The number of hydrogen-bond acceptors (Lipinski definition) is 4. The Morgan fingerprint density at radius 1 is 1.17 bits per heavy atom. The van der Waals surface area contributed by atoms with Gasteiger partial charge < -0.3 is 4.42 Å². The molecule has 0 N–H and O–H groups in total. The molecule has 4 nitrogen and oxygen atoms in total. The molecule has 0 atom stereocenters. The van der Waals surface area contributed by atoms with Gasteiger partial charge in [-0.1, -0.05) is 0 Å². The molecule has 0 saturated carbocycles. The lowest BCUT2D eigenvalue weighted by molar-refractivity contribution is 0.626. The van der Waals surface area contributed by atoms with Crippen molar-refractivity contribution in [3.8, 4) is 0 Å². The Labute approximate surface area is 102 Å². The van der Waals surface area contributed by atoms with Gasteiger partial charge in [-0.05, 0) is 23.6 Å². The molecule has 1 aromatic carbocycles. The molecule has 3 aromatic rings. The van der Waals surface area contributed by atoms with Crippen molar-refractivity contribution in [2.45, 2.75) is 0 Å². The van der Waals surface area contributed by atoms with Crippen LogP contribution in [0, 0.1) is 0 Å². The van der Waals surface area contributed by atoms with Gasteiger partial charge in [0, 0.05) is 35.3 Å².